The van der Waals surface area contributed by atoms with Crippen LogP contribution in [0.3, 0.4) is 0 Å². The van der Waals surface area contributed by atoms with Gasteiger partial charge in [0.25, 0.3) is 0 Å². The van der Waals surface area contributed by atoms with Crippen molar-refractivity contribution >= 4 is 16.1 Å². The predicted octanol–water partition coefficient (Wildman–Crippen LogP) is 2.05. The van der Waals surface area contributed by atoms with Crippen LogP contribution >= 0.6 is 0 Å². The van der Waals surface area contributed by atoms with Gasteiger partial charge in [0, 0.05) is 25.0 Å². The Bertz CT molecular complexity index is 746. The van der Waals surface area contributed by atoms with E-state index in [0.29, 0.717) is 18.8 Å². The van der Waals surface area contributed by atoms with Crippen molar-refractivity contribution in [1.82, 2.24) is 9.21 Å². The van der Waals surface area contributed by atoms with Crippen LogP contribution in [0.2, 0.25) is 0 Å². The van der Waals surface area contributed by atoms with E-state index in [1.807, 2.05) is 45.0 Å². The number of likely N-dealkylation sites (N-methyl/N-ethyl adjacent to an activating group) is 1. The molecule has 0 bridgehead atoms. The summed E-state index contributed by atoms with van der Waals surface area (Å²) in [6.45, 7) is 6.38. The van der Waals surface area contributed by atoms with Crippen LogP contribution in [0.4, 0.5) is 0 Å². The van der Waals surface area contributed by atoms with Crippen molar-refractivity contribution in [1.29, 1.82) is 0 Å². The molecular formula is C19H30N2O4S. The molecule has 1 N–H and O–H groups in total. The highest BCUT2D eigenvalue weighted by Gasteiger charge is 2.37. The molecule has 146 valence electrons. The molecule has 1 aromatic carbocycles. The van der Waals surface area contributed by atoms with Gasteiger partial charge in [0.2, 0.25) is 10.0 Å². The van der Waals surface area contributed by atoms with E-state index >= 15 is 0 Å². The first-order chi connectivity index (χ1) is 12.2. The van der Waals surface area contributed by atoms with Crippen molar-refractivity contribution < 1.29 is 18.3 Å². The number of benzene rings is 1. The van der Waals surface area contributed by atoms with Crippen LogP contribution < -0.4 is 4.74 Å². The van der Waals surface area contributed by atoms with Crippen LogP contribution in [0.1, 0.15) is 26.3 Å². The van der Waals surface area contributed by atoms with E-state index < -0.39 is 16.1 Å². The number of sulfonamides is 1. The number of rotatable bonds is 5. The minimum Gasteiger partial charge on any atom is -0.487 e. The molecule has 0 saturated carbocycles. The number of fused-ring (bicyclic) bond motifs is 1. The molecule has 6 nitrogen and oxygen atoms in total. The Morgan fingerprint density at radius 3 is 2.69 bits per heavy atom. The van der Waals surface area contributed by atoms with E-state index in [0.717, 1.165) is 5.56 Å². The number of aliphatic hydroxyl groups excluding tert-OH is 1. The highest BCUT2D eigenvalue weighted by molar-refractivity contribution is 7.89. The van der Waals surface area contributed by atoms with Crippen LogP contribution in [0.25, 0.3) is 6.08 Å². The van der Waals surface area contributed by atoms with Crippen molar-refractivity contribution in [3.05, 3.63) is 29.8 Å². The zero-order valence-electron chi connectivity index (χ0n) is 16.2. The smallest absolute Gasteiger partial charge is 0.247 e. The van der Waals surface area contributed by atoms with Gasteiger partial charge in [-0.25, -0.2) is 8.42 Å². The molecule has 0 unspecified atom stereocenters. The molecule has 0 spiro atoms. The summed E-state index contributed by atoms with van der Waals surface area (Å²) in [5.74, 6) is 0.342. The average molecular weight is 383 g/mol. The van der Waals surface area contributed by atoms with Gasteiger partial charge in [-0.1, -0.05) is 25.1 Å². The van der Waals surface area contributed by atoms with Crippen molar-refractivity contribution in [3.63, 3.8) is 0 Å². The lowest BCUT2D eigenvalue weighted by Gasteiger charge is -2.37. The van der Waals surface area contributed by atoms with Crippen LogP contribution in [0.15, 0.2) is 29.2 Å². The Labute approximate surface area is 157 Å². The van der Waals surface area contributed by atoms with E-state index in [2.05, 4.69) is 0 Å². The predicted molar refractivity (Wildman–Crippen MR) is 104 cm³/mol. The first-order valence-corrected chi connectivity index (χ1v) is 10.4. The summed E-state index contributed by atoms with van der Waals surface area (Å²) in [6.07, 6.45) is 3.65. The minimum absolute atomic E-state index is 0.0281. The van der Waals surface area contributed by atoms with Gasteiger partial charge < -0.3 is 14.7 Å². The molecule has 26 heavy (non-hydrogen) atoms. The van der Waals surface area contributed by atoms with Crippen LogP contribution in [-0.2, 0) is 10.0 Å². The van der Waals surface area contributed by atoms with Gasteiger partial charge in [-0.2, -0.15) is 4.31 Å². The Kier molecular flexibility index (Phi) is 6.85. The van der Waals surface area contributed by atoms with E-state index in [9.17, 15) is 13.5 Å². The number of ether oxygens (including phenoxy) is 1. The number of aliphatic hydroxyl groups is 1. The molecule has 3 atom stereocenters. The minimum atomic E-state index is -3.76. The highest BCUT2D eigenvalue weighted by atomic mass is 32.2. The molecule has 1 aliphatic heterocycles. The maximum atomic E-state index is 13.2. The number of nitrogens with zero attached hydrogens (tertiary/aromatic N) is 2. The average Bonchev–Trinajstić information content (AvgIpc) is 2.57. The second kappa shape index (κ2) is 8.52. The first-order valence-electron chi connectivity index (χ1n) is 8.91. The topological polar surface area (TPSA) is 70.1 Å². The molecule has 0 saturated heterocycles. The molecule has 0 aliphatic carbocycles. The molecule has 1 heterocycles. The molecular weight excluding hydrogens is 352 g/mol. The fourth-order valence-electron chi connectivity index (χ4n) is 3.12. The Hall–Kier alpha value is -1.41. The lowest BCUT2D eigenvalue weighted by Crippen LogP contribution is -2.49. The third-order valence-electron chi connectivity index (χ3n) is 4.60. The van der Waals surface area contributed by atoms with Gasteiger partial charge in [-0.05, 0) is 45.6 Å². The van der Waals surface area contributed by atoms with Crippen molar-refractivity contribution in [2.24, 2.45) is 5.92 Å². The maximum absolute atomic E-state index is 13.2. The number of allylic oxidation sites excluding steroid dienone is 1. The second-order valence-electron chi connectivity index (χ2n) is 7.21. The fourth-order valence-corrected chi connectivity index (χ4v) is 4.94. The van der Waals surface area contributed by atoms with E-state index in [4.69, 9.17) is 4.74 Å². The molecule has 7 heteroatoms. The van der Waals surface area contributed by atoms with E-state index in [1.54, 1.807) is 25.1 Å². The summed E-state index contributed by atoms with van der Waals surface area (Å²) < 4.78 is 34.1. The van der Waals surface area contributed by atoms with Gasteiger partial charge >= 0.3 is 0 Å². The third kappa shape index (κ3) is 4.46. The van der Waals surface area contributed by atoms with Crippen molar-refractivity contribution in [3.8, 4) is 5.75 Å². The Morgan fingerprint density at radius 1 is 1.42 bits per heavy atom. The van der Waals surface area contributed by atoms with E-state index in [-0.39, 0.29) is 23.5 Å². The van der Waals surface area contributed by atoms with Crippen LogP contribution in [0.5, 0.6) is 5.75 Å². The third-order valence-corrected chi connectivity index (χ3v) is 6.61. The molecule has 0 fully saturated rings. The zero-order valence-corrected chi connectivity index (χ0v) is 17.0. The highest BCUT2D eigenvalue weighted by Crippen LogP contribution is 2.34. The van der Waals surface area contributed by atoms with Crippen molar-refractivity contribution in [2.45, 2.75) is 37.8 Å². The van der Waals surface area contributed by atoms with Gasteiger partial charge in [0.15, 0.2) is 0 Å². The Balaban J connectivity index is 2.61. The molecule has 2 rings (SSSR count). The quantitative estimate of drug-likeness (QED) is 0.844. The van der Waals surface area contributed by atoms with Crippen LogP contribution in [0, 0.1) is 5.92 Å². The lowest BCUT2D eigenvalue weighted by molar-refractivity contribution is 0.0812. The normalized spacial score (nSPS) is 24.7. The monoisotopic (exact) mass is 382 g/mol. The molecule has 0 amide bonds. The maximum Gasteiger partial charge on any atom is 0.247 e. The van der Waals surface area contributed by atoms with Gasteiger partial charge in [-0.3, -0.25) is 0 Å². The summed E-state index contributed by atoms with van der Waals surface area (Å²) in [6, 6.07) is 4.64. The van der Waals surface area contributed by atoms with Gasteiger partial charge in [0.05, 0.1) is 6.61 Å². The fraction of sp³-hybridized carbons (Fsp3) is 0.579. The largest absolute Gasteiger partial charge is 0.487 e. The standard InChI is InChI=1S/C19H30N2O4S/c1-6-7-16-8-9-19-17(10-16)25-18(12-20(4)5)14(2)11-21(15(3)13-22)26(19,23)24/h6-10,14-15,18,22H,11-13H2,1-5H3/t14-,15-,18+/m0/s1. The summed E-state index contributed by atoms with van der Waals surface area (Å²) >= 11 is 0. The molecule has 1 aromatic rings. The lowest BCUT2D eigenvalue weighted by atomic mass is 10.0. The summed E-state index contributed by atoms with van der Waals surface area (Å²) in [5, 5.41) is 9.59. The van der Waals surface area contributed by atoms with Crippen molar-refractivity contribution in [2.75, 3.05) is 33.8 Å². The second-order valence-corrected chi connectivity index (χ2v) is 9.07. The first kappa shape index (κ1) is 20.9. The molecule has 0 radical (unpaired) electrons. The molecule has 1 aliphatic rings. The number of hydrogen-bond donors (Lipinski definition) is 1. The summed E-state index contributed by atoms with van der Waals surface area (Å²) in [5.41, 5.74) is 0.889. The summed E-state index contributed by atoms with van der Waals surface area (Å²) in [4.78, 5) is 2.19. The van der Waals surface area contributed by atoms with Gasteiger partial charge in [-0.15, -0.1) is 0 Å². The summed E-state index contributed by atoms with van der Waals surface area (Å²) in [7, 11) is 0.178. The SMILES string of the molecule is CC=Cc1ccc2c(c1)O[C@H](CN(C)C)[C@@H](C)CN([C@@H](C)CO)S2(=O)=O. The van der Waals surface area contributed by atoms with E-state index in [1.165, 1.54) is 4.31 Å². The Morgan fingerprint density at radius 2 is 2.12 bits per heavy atom. The molecule has 0 aromatic heterocycles. The van der Waals surface area contributed by atoms with Gasteiger partial charge in [0.1, 0.15) is 16.7 Å². The number of hydrogen-bond acceptors (Lipinski definition) is 5. The zero-order chi connectivity index (χ0) is 19.5. The van der Waals surface area contributed by atoms with Crippen LogP contribution in [-0.4, -0.2) is 68.7 Å².